The van der Waals surface area contributed by atoms with E-state index in [1.165, 1.54) is 6.07 Å². The van der Waals surface area contributed by atoms with Crippen molar-refractivity contribution in [3.05, 3.63) is 83.5 Å². The zero-order valence-corrected chi connectivity index (χ0v) is 15.7. The summed E-state index contributed by atoms with van der Waals surface area (Å²) in [6, 6.07) is 12.2. The van der Waals surface area contributed by atoms with Crippen molar-refractivity contribution in [2.75, 3.05) is 0 Å². The number of fused-ring (bicyclic) bond motifs is 1. The monoisotopic (exact) mass is 374 g/mol. The Morgan fingerprint density at radius 3 is 2.54 bits per heavy atom. The molecule has 0 fully saturated rings. The van der Waals surface area contributed by atoms with E-state index in [0.29, 0.717) is 18.4 Å². The maximum atomic E-state index is 13.0. The number of hydrogen-bond donors (Lipinski definition) is 2. The zero-order valence-electron chi connectivity index (χ0n) is 15.7. The molecule has 0 unspecified atom stereocenters. The van der Waals surface area contributed by atoms with Crippen molar-refractivity contribution in [3.63, 3.8) is 0 Å². The standard InChI is InChI=1S/C23H23BO4/c24-18-11-7-2-1-3-8-12-21(16-9-5-4-6-10-16)28-23(27)22-17(13-18)14-19(25)15-20(22)26/h3-11,14-15,21,24-26H,1-2,12-13H2/b8-3+,11-7+/t21-/m0/s1. The first-order chi connectivity index (χ1) is 13.5. The summed E-state index contributed by atoms with van der Waals surface area (Å²) in [5.74, 6) is -1.03. The van der Waals surface area contributed by atoms with Crippen LogP contribution in [-0.4, -0.2) is 29.1 Å². The van der Waals surface area contributed by atoms with Gasteiger partial charge in [-0.3, -0.25) is 0 Å². The Morgan fingerprint density at radius 1 is 1.00 bits per heavy atom. The number of ether oxygens (including phenoxy) is 1. The summed E-state index contributed by atoms with van der Waals surface area (Å²) in [7, 11) is 4.01. The van der Waals surface area contributed by atoms with E-state index in [1.54, 1.807) is 0 Å². The van der Waals surface area contributed by atoms with Crippen molar-refractivity contribution in [2.24, 2.45) is 0 Å². The summed E-state index contributed by atoms with van der Waals surface area (Å²) in [4.78, 5) is 13.0. The zero-order chi connectivity index (χ0) is 19.9. The van der Waals surface area contributed by atoms with E-state index in [-0.39, 0.29) is 17.1 Å². The second-order valence-corrected chi connectivity index (χ2v) is 6.83. The van der Waals surface area contributed by atoms with E-state index in [2.05, 4.69) is 13.6 Å². The number of benzene rings is 2. The van der Waals surface area contributed by atoms with Crippen LogP contribution < -0.4 is 0 Å². The molecule has 2 N–H and O–H groups in total. The molecule has 0 aliphatic carbocycles. The number of carbonyl (C=O) groups is 1. The molecule has 4 nitrogen and oxygen atoms in total. The summed E-state index contributed by atoms with van der Waals surface area (Å²) in [5, 5.41) is 20.2. The van der Waals surface area contributed by atoms with Gasteiger partial charge in [0.15, 0.2) is 0 Å². The molecule has 0 spiro atoms. The van der Waals surface area contributed by atoms with Crippen molar-refractivity contribution in [1.82, 2.24) is 0 Å². The molecule has 142 valence electrons. The van der Waals surface area contributed by atoms with Crippen LogP contribution in [0.2, 0.25) is 0 Å². The van der Waals surface area contributed by atoms with E-state index < -0.39 is 12.1 Å². The SMILES string of the molecule is B=C1/C=C/CC/C=C/C[C@@H](c2ccccc2)OC(=O)c2c(O)cc(O)cc2C1. The van der Waals surface area contributed by atoms with Crippen LogP contribution in [0.3, 0.4) is 0 Å². The Labute approximate surface area is 165 Å². The van der Waals surface area contributed by atoms with Gasteiger partial charge in [-0.2, -0.15) is 0 Å². The number of hydrogen-bond acceptors (Lipinski definition) is 4. The predicted octanol–water partition coefficient (Wildman–Crippen LogP) is 3.91. The van der Waals surface area contributed by atoms with E-state index in [0.717, 1.165) is 29.9 Å². The third-order valence-electron chi connectivity index (χ3n) is 4.60. The van der Waals surface area contributed by atoms with Crippen molar-refractivity contribution in [2.45, 2.75) is 31.8 Å². The first-order valence-corrected chi connectivity index (χ1v) is 9.34. The van der Waals surface area contributed by atoms with Gasteiger partial charge in [-0.05, 0) is 0 Å². The molecule has 28 heavy (non-hydrogen) atoms. The second-order valence-electron chi connectivity index (χ2n) is 6.83. The first kappa shape index (κ1) is 19.7. The predicted molar refractivity (Wildman–Crippen MR) is 112 cm³/mol. The molecule has 5 heteroatoms. The summed E-state index contributed by atoms with van der Waals surface area (Å²) in [6.45, 7) is 0. The van der Waals surface area contributed by atoms with E-state index in [4.69, 9.17) is 4.74 Å². The Morgan fingerprint density at radius 2 is 1.75 bits per heavy atom. The van der Waals surface area contributed by atoms with Crippen molar-refractivity contribution in [1.29, 1.82) is 0 Å². The third-order valence-corrected chi connectivity index (χ3v) is 4.60. The maximum absolute atomic E-state index is 13.0. The molecule has 2 aromatic rings. The molecule has 1 atom stereocenters. The van der Waals surface area contributed by atoms with Gasteiger partial charge in [0.25, 0.3) is 0 Å². The number of aromatic hydroxyl groups is 2. The molecule has 0 saturated heterocycles. The van der Waals surface area contributed by atoms with Crippen molar-refractivity contribution in [3.8, 4) is 11.5 Å². The molecular formula is C23H23BO4. The van der Waals surface area contributed by atoms with Gasteiger partial charge in [-0.1, -0.05) is 0 Å². The Hall–Kier alpha value is -3.08. The van der Waals surface area contributed by atoms with Crippen LogP contribution in [0, 0.1) is 0 Å². The number of cyclic esters (lactones) is 1. The van der Waals surface area contributed by atoms with E-state index >= 15 is 0 Å². The van der Waals surface area contributed by atoms with Gasteiger partial charge < -0.3 is 0 Å². The minimum atomic E-state index is -0.622. The summed E-state index contributed by atoms with van der Waals surface area (Å²) >= 11 is 0. The quantitative estimate of drug-likeness (QED) is 0.451. The van der Waals surface area contributed by atoms with Gasteiger partial charge in [0.1, 0.15) is 0 Å². The number of allylic oxidation sites excluding steroid dienone is 3. The molecule has 0 bridgehead atoms. The van der Waals surface area contributed by atoms with Gasteiger partial charge in [-0.15, -0.1) is 0 Å². The van der Waals surface area contributed by atoms with Gasteiger partial charge in [0.05, 0.1) is 0 Å². The van der Waals surface area contributed by atoms with Crippen LogP contribution in [0.5, 0.6) is 11.5 Å². The van der Waals surface area contributed by atoms with Gasteiger partial charge in [-0.25, -0.2) is 0 Å². The van der Waals surface area contributed by atoms with Crippen LogP contribution in [0.4, 0.5) is 0 Å². The van der Waals surface area contributed by atoms with Crippen LogP contribution in [0.15, 0.2) is 66.8 Å². The fraction of sp³-hybridized carbons (Fsp3) is 0.217. The normalized spacial score (nSPS) is 20.5. The minimum absolute atomic E-state index is 0.0642. The van der Waals surface area contributed by atoms with Crippen LogP contribution in [-0.2, 0) is 11.2 Å². The van der Waals surface area contributed by atoms with E-state index in [9.17, 15) is 15.0 Å². The van der Waals surface area contributed by atoms with Crippen LogP contribution in [0.25, 0.3) is 0 Å². The molecule has 0 saturated carbocycles. The molecule has 1 aliphatic heterocycles. The average molecular weight is 374 g/mol. The summed E-state index contributed by atoms with van der Waals surface area (Å²) in [6.07, 6.45) is 10.2. The molecular weight excluding hydrogens is 351 g/mol. The number of phenols is 2. The van der Waals surface area contributed by atoms with Gasteiger partial charge in [0.2, 0.25) is 0 Å². The average Bonchev–Trinajstić information content (AvgIpc) is 2.65. The fourth-order valence-corrected chi connectivity index (χ4v) is 3.24. The third kappa shape index (κ3) is 5.00. The first-order valence-electron chi connectivity index (χ1n) is 9.34. The molecule has 0 amide bonds. The molecule has 3 rings (SSSR count). The molecule has 0 radical (unpaired) electrons. The number of carbonyl (C=O) groups excluding carboxylic acids is 1. The number of phenolic OH excluding ortho intramolecular Hbond substituents is 2. The molecule has 0 aromatic heterocycles. The van der Waals surface area contributed by atoms with E-state index in [1.807, 2.05) is 48.6 Å². The van der Waals surface area contributed by atoms with Crippen LogP contribution >= 0.6 is 0 Å². The Balaban J connectivity index is 2.01. The molecule has 2 aromatic carbocycles. The Bertz CT molecular complexity index is 916. The summed E-state index contributed by atoms with van der Waals surface area (Å²) in [5.41, 5.74) is 2.21. The summed E-state index contributed by atoms with van der Waals surface area (Å²) < 4.78 is 5.78. The van der Waals surface area contributed by atoms with Gasteiger partial charge >= 0.3 is 165 Å². The van der Waals surface area contributed by atoms with Gasteiger partial charge in [0, 0.05) is 0 Å². The van der Waals surface area contributed by atoms with Crippen molar-refractivity contribution >= 4 is 18.9 Å². The molecule has 1 aliphatic rings. The Kier molecular flexibility index (Phi) is 6.48. The topological polar surface area (TPSA) is 66.8 Å². The van der Waals surface area contributed by atoms with Crippen LogP contribution in [0.1, 0.15) is 46.9 Å². The van der Waals surface area contributed by atoms with Crippen molar-refractivity contribution < 1.29 is 19.7 Å². The second kappa shape index (κ2) is 9.22. The fourth-order valence-electron chi connectivity index (χ4n) is 3.24. The number of esters is 1. The number of rotatable bonds is 1. The molecule has 1 heterocycles.